The molecule has 0 fully saturated rings. The van der Waals surface area contributed by atoms with Gasteiger partial charge in [0, 0.05) is 20.5 Å². The summed E-state index contributed by atoms with van der Waals surface area (Å²) in [6, 6.07) is 20.6. The fraction of sp³-hybridized carbons (Fsp3) is 0.130. The summed E-state index contributed by atoms with van der Waals surface area (Å²) in [6.07, 6.45) is 1.74. The Balaban J connectivity index is 1.63. The van der Waals surface area contributed by atoms with Crippen molar-refractivity contribution in [2.24, 2.45) is 0 Å². The first-order valence-corrected chi connectivity index (χ1v) is 12.7. The predicted octanol–water partition coefficient (Wildman–Crippen LogP) is 6.38. The molecule has 4 aromatic rings. The maximum absolute atomic E-state index is 6.64. The van der Waals surface area contributed by atoms with Gasteiger partial charge >= 0.3 is 0 Å². The monoisotopic (exact) mass is 508 g/mol. The van der Waals surface area contributed by atoms with Crippen LogP contribution in [-0.2, 0) is 0 Å². The van der Waals surface area contributed by atoms with E-state index in [2.05, 4.69) is 57.0 Å². The summed E-state index contributed by atoms with van der Waals surface area (Å²) < 4.78 is 9.66. The van der Waals surface area contributed by atoms with Crippen LogP contribution in [0.2, 0.25) is 0 Å². The maximum Gasteiger partial charge on any atom is 0.227 e. The number of thioether (sulfide) groups is 1. The van der Waals surface area contributed by atoms with Crippen LogP contribution in [0.1, 0.15) is 28.1 Å². The highest BCUT2D eigenvalue weighted by Gasteiger charge is 2.41. The fourth-order valence-corrected chi connectivity index (χ4v) is 5.80. The van der Waals surface area contributed by atoms with Crippen molar-refractivity contribution < 1.29 is 4.74 Å². The number of fused-ring (bicyclic) bond motifs is 3. The summed E-state index contributed by atoms with van der Waals surface area (Å²) in [5.41, 5.74) is 4.33. The first-order valence-electron chi connectivity index (χ1n) is 9.79. The molecule has 0 spiro atoms. The predicted molar refractivity (Wildman–Crippen MR) is 129 cm³/mol. The van der Waals surface area contributed by atoms with E-state index < -0.39 is 0 Å². The number of para-hydroxylation sites is 1. The average Bonchev–Trinajstić information content (AvgIpc) is 3.47. The van der Waals surface area contributed by atoms with Gasteiger partial charge in [0.25, 0.3) is 0 Å². The molecule has 2 aliphatic heterocycles. The van der Waals surface area contributed by atoms with Crippen LogP contribution in [0.5, 0.6) is 5.75 Å². The van der Waals surface area contributed by atoms with Crippen molar-refractivity contribution in [2.75, 3.05) is 11.6 Å². The molecule has 0 amide bonds. The van der Waals surface area contributed by atoms with E-state index in [1.807, 2.05) is 41.3 Å². The molecule has 0 aliphatic carbocycles. The molecule has 0 bridgehead atoms. The van der Waals surface area contributed by atoms with Gasteiger partial charge in [-0.15, -0.1) is 16.4 Å². The highest BCUT2D eigenvalue weighted by molar-refractivity contribution is 9.10. The van der Waals surface area contributed by atoms with Crippen LogP contribution >= 0.6 is 39.0 Å². The molecule has 0 saturated heterocycles. The van der Waals surface area contributed by atoms with Crippen LogP contribution in [0.15, 0.2) is 81.2 Å². The van der Waals surface area contributed by atoms with E-state index in [1.54, 1.807) is 23.1 Å². The molecule has 0 radical (unpaired) electrons. The van der Waals surface area contributed by atoms with E-state index >= 15 is 0 Å². The topological polar surface area (TPSA) is 52.0 Å². The molecule has 6 rings (SSSR count). The zero-order valence-corrected chi connectivity index (χ0v) is 19.7. The molecule has 8 heteroatoms. The van der Waals surface area contributed by atoms with Gasteiger partial charge in [-0.25, -0.2) is 4.68 Å². The van der Waals surface area contributed by atoms with Crippen molar-refractivity contribution in [3.63, 3.8) is 0 Å². The summed E-state index contributed by atoms with van der Waals surface area (Å²) in [4.78, 5) is 5.94. The van der Waals surface area contributed by atoms with Crippen molar-refractivity contribution in [1.29, 1.82) is 0 Å². The normalized spacial score (nSPS) is 19.2. The average molecular weight is 509 g/mol. The number of hydrogen-bond donors (Lipinski definition) is 1. The first kappa shape index (κ1) is 19.2. The molecule has 4 heterocycles. The second kappa shape index (κ2) is 7.55. The number of rotatable bonds is 3. The number of benzene rings is 2. The van der Waals surface area contributed by atoms with Gasteiger partial charge in [0.15, 0.2) is 0 Å². The lowest BCUT2D eigenvalue weighted by Gasteiger charge is -2.38. The third-order valence-electron chi connectivity index (χ3n) is 5.51. The maximum atomic E-state index is 6.64. The Morgan fingerprint density at radius 1 is 1.13 bits per heavy atom. The fourth-order valence-electron chi connectivity index (χ4n) is 4.21. The highest BCUT2D eigenvalue weighted by Crippen LogP contribution is 2.51. The third-order valence-corrected chi connectivity index (χ3v) is 7.46. The van der Waals surface area contributed by atoms with Crippen molar-refractivity contribution in [3.8, 4) is 5.75 Å². The zero-order valence-electron chi connectivity index (χ0n) is 16.4. The van der Waals surface area contributed by atoms with E-state index in [9.17, 15) is 0 Å². The molecule has 5 nitrogen and oxygen atoms in total. The van der Waals surface area contributed by atoms with Gasteiger partial charge in [-0.05, 0) is 47.5 Å². The molecule has 1 N–H and O–H groups in total. The Kier molecular flexibility index (Phi) is 4.66. The summed E-state index contributed by atoms with van der Waals surface area (Å²) in [5, 5.41) is 11.3. The smallest absolute Gasteiger partial charge is 0.227 e. The molecule has 2 atom stereocenters. The summed E-state index contributed by atoms with van der Waals surface area (Å²) >= 11 is 6.89. The molecule has 31 heavy (non-hydrogen) atoms. The minimum atomic E-state index is -0.253. The van der Waals surface area contributed by atoms with Crippen molar-refractivity contribution >= 4 is 50.7 Å². The van der Waals surface area contributed by atoms with E-state index in [-0.39, 0.29) is 12.1 Å². The quantitative estimate of drug-likeness (QED) is 0.325. The number of nitrogens with zero attached hydrogens (tertiary/aromatic N) is 3. The lowest BCUT2D eigenvalue weighted by Crippen LogP contribution is -2.32. The van der Waals surface area contributed by atoms with Crippen LogP contribution in [0, 0.1) is 0 Å². The Morgan fingerprint density at radius 3 is 2.84 bits per heavy atom. The number of ether oxygens (including phenoxy) is 1. The van der Waals surface area contributed by atoms with E-state index in [0.717, 1.165) is 43.7 Å². The molecule has 2 aromatic carbocycles. The minimum Gasteiger partial charge on any atom is -0.480 e. The molecule has 2 aliphatic rings. The number of anilines is 1. The van der Waals surface area contributed by atoms with Crippen LogP contribution in [-0.4, -0.2) is 21.0 Å². The SMILES string of the molecule is CSc1nc2n(n1)[C@@H](c1cccs1)C1=C(N2)c2ccccc2O[C@H]1c1cccc(Br)c1. The zero-order chi connectivity index (χ0) is 20.9. The van der Waals surface area contributed by atoms with E-state index in [4.69, 9.17) is 14.8 Å². The summed E-state index contributed by atoms with van der Waals surface area (Å²) in [7, 11) is 0. The van der Waals surface area contributed by atoms with Gasteiger partial charge in [0.05, 0.1) is 5.70 Å². The van der Waals surface area contributed by atoms with E-state index in [0.29, 0.717) is 0 Å². The van der Waals surface area contributed by atoms with Crippen LogP contribution in [0.3, 0.4) is 0 Å². The van der Waals surface area contributed by atoms with Gasteiger partial charge in [0.2, 0.25) is 11.1 Å². The van der Waals surface area contributed by atoms with Gasteiger partial charge in [-0.1, -0.05) is 58.0 Å². The standard InChI is InChI=1S/C23H17BrN4OS2/c1-30-23-26-22-25-19-15-8-2-3-9-16(15)29-21(13-6-4-7-14(24)12-13)18(19)20(28(22)27-23)17-10-5-11-31-17/h2-12,20-21H,1H3,(H,25,26,27)/t20-,21-/m0/s1. The second-order valence-electron chi connectivity index (χ2n) is 7.29. The van der Waals surface area contributed by atoms with Gasteiger partial charge in [-0.3, -0.25) is 0 Å². The third kappa shape index (κ3) is 3.12. The Labute approximate surface area is 196 Å². The van der Waals surface area contributed by atoms with Crippen molar-refractivity contribution in [3.05, 3.63) is 92.1 Å². The van der Waals surface area contributed by atoms with Crippen molar-refractivity contribution in [1.82, 2.24) is 14.8 Å². The largest absolute Gasteiger partial charge is 0.480 e. The number of nitrogens with one attached hydrogen (secondary N) is 1. The molecular formula is C23H17BrN4OS2. The van der Waals surface area contributed by atoms with Crippen LogP contribution in [0.4, 0.5) is 5.95 Å². The van der Waals surface area contributed by atoms with Crippen molar-refractivity contribution in [2.45, 2.75) is 17.3 Å². The highest BCUT2D eigenvalue weighted by atomic mass is 79.9. The molecule has 154 valence electrons. The molecular weight excluding hydrogens is 492 g/mol. The lowest BCUT2D eigenvalue weighted by molar-refractivity contribution is 0.223. The number of aromatic nitrogens is 3. The van der Waals surface area contributed by atoms with Crippen LogP contribution < -0.4 is 10.1 Å². The lowest BCUT2D eigenvalue weighted by atomic mass is 9.87. The molecule has 0 unspecified atom stereocenters. The van der Waals surface area contributed by atoms with Gasteiger partial charge < -0.3 is 10.1 Å². The van der Waals surface area contributed by atoms with Crippen LogP contribution in [0.25, 0.3) is 5.70 Å². The summed E-state index contributed by atoms with van der Waals surface area (Å²) in [5.74, 6) is 1.62. The Morgan fingerprint density at radius 2 is 2.03 bits per heavy atom. The molecule has 0 saturated carbocycles. The van der Waals surface area contributed by atoms with Gasteiger partial charge in [0.1, 0.15) is 17.9 Å². The number of halogens is 1. The Bertz CT molecular complexity index is 1310. The molecule has 2 aromatic heterocycles. The van der Waals surface area contributed by atoms with E-state index in [1.165, 1.54) is 4.88 Å². The first-order chi connectivity index (χ1) is 15.2. The number of thiophene rings is 1. The summed E-state index contributed by atoms with van der Waals surface area (Å²) in [6.45, 7) is 0. The Hall–Kier alpha value is -2.55. The second-order valence-corrected chi connectivity index (χ2v) is 9.96. The number of hydrogen-bond acceptors (Lipinski definition) is 6. The minimum absolute atomic E-state index is 0.100. The van der Waals surface area contributed by atoms with Gasteiger partial charge in [-0.2, -0.15) is 4.98 Å².